The molecule has 0 radical (unpaired) electrons. The third kappa shape index (κ3) is 3.96. The van der Waals surface area contributed by atoms with E-state index in [1.807, 2.05) is 24.3 Å². The van der Waals surface area contributed by atoms with E-state index in [0.29, 0.717) is 11.6 Å². The van der Waals surface area contributed by atoms with E-state index >= 15 is 0 Å². The van der Waals surface area contributed by atoms with Crippen LogP contribution in [0.4, 0.5) is 17.3 Å². The van der Waals surface area contributed by atoms with Gasteiger partial charge in [0.15, 0.2) is 0 Å². The number of carbonyl (C=O) groups excluding carboxylic acids is 1. The second-order valence-electron chi connectivity index (χ2n) is 6.98. The molecule has 1 aromatic heterocycles. The highest BCUT2D eigenvalue weighted by Crippen LogP contribution is 2.33. The Morgan fingerprint density at radius 2 is 2.03 bits per heavy atom. The first kappa shape index (κ1) is 18.7. The molecule has 3 aromatic rings. The molecule has 2 heterocycles. The summed E-state index contributed by atoms with van der Waals surface area (Å²) in [6.45, 7) is 4.43. The number of amides is 1. The lowest BCUT2D eigenvalue weighted by molar-refractivity contribution is -0.115. The molecule has 1 aliphatic rings. The maximum absolute atomic E-state index is 12.3. The number of aryl methyl sites for hydroxylation is 2. The Morgan fingerprint density at radius 1 is 1.17 bits per heavy atom. The van der Waals surface area contributed by atoms with Crippen LogP contribution in [0.1, 0.15) is 22.3 Å². The van der Waals surface area contributed by atoms with E-state index in [9.17, 15) is 4.79 Å². The number of nitrogens with zero attached hydrogens (tertiary/aromatic N) is 2. The highest BCUT2D eigenvalue weighted by molar-refractivity contribution is 6.00. The number of nitrogens with two attached hydrogens (primary N) is 1. The largest absolute Gasteiger partial charge is 0.325 e. The standard InChI is InChI=1S/C23H21N5O/c1-14-5-7-18(10-15(14)2)26-23-25-13-17-12-21(29)27-20-11-16(4-3-9-24)6-8-19(20)22(17)28-23/h5-8,10-11,13H,9,12,24H2,1-2H3,(H,27,29)(H,25,26,28). The van der Waals surface area contributed by atoms with Gasteiger partial charge in [0, 0.05) is 28.6 Å². The first-order valence-corrected chi connectivity index (χ1v) is 9.37. The summed E-state index contributed by atoms with van der Waals surface area (Å²) in [7, 11) is 0. The Kier molecular flexibility index (Phi) is 4.98. The zero-order valence-corrected chi connectivity index (χ0v) is 16.3. The molecule has 0 atom stereocenters. The summed E-state index contributed by atoms with van der Waals surface area (Å²) in [4.78, 5) is 21.5. The molecule has 0 fully saturated rings. The first-order chi connectivity index (χ1) is 14.0. The van der Waals surface area contributed by atoms with Crippen molar-refractivity contribution in [2.75, 3.05) is 17.2 Å². The van der Waals surface area contributed by atoms with Crippen molar-refractivity contribution in [3.8, 4) is 23.1 Å². The van der Waals surface area contributed by atoms with Gasteiger partial charge in [0.1, 0.15) is 0 Å². The zero-order chi connectivity index (χ0) is 20.4. The quantitative estimate of drug-likeness (QED) is 0.591. The SMILES string of the molecule is Cc1ccc(Nc2ncc3c(n2)-c2ccc(C#CCN)cc2NC(=O)C3)cc1C. The molecule has 0 saturated carbocycles. The Balaban J connectivity index is 1.75. The van der Waals surface area contributed by atoms with Gasteiger partial charge in [-0.1, -0.05) is 17.9 Å². The summed E-state index contributed by atoms with van der Waals surface area (Å²) < 4.78 is 0. The van der Waals surface area contributed by atoms with Crippen molar-refractivity contribution in [2.45, 2.75) is 20.3 Å². The minimum atomic E-state index is -0.104. The number of rotatable bonds is 2. The summed E-state index contributed by atoms with van der Waals surface area (Å²) in [6, 6.07) is 11.8. The Labute approximate surface area is 169 Å². The van der Waals surface area contributed by atoms with E-state index < -0.39 is 0 Å². The maximum Gasteiger partial charge on any atom is 0.228 e. The van der Waals surface area contributed by atoms with Crippen molar-refractivity contribution in [1.82, 2.24) is 9.97 Å². The van der Waals surface area contributed by atoms with Crippen LogP contribution in [0.25, 0.3) is 11.3 Å². The summed E-state index contributed by atoms with van der Waals surface area (Å²) in [5.74, 6) is 6.21. The Hall–Kier alpha value is -3.69. The number of hydrogen-bond donors (Lipinski definition) is 3. The number of anilines is 3. The van der Waals surface area contributed by atoms with Crippen molar-refractivity contribution in [3.05, 3.63) is 64.8 Å². The van der Waals surface area contributed by atoms with E-state index in [0.717, 1.165) is 28.1 Å². The molecule has 6 heteroatoms. The topological polar surface area (TPSA) is 92.9 Å². The van der Waals surface area contributed by atoms with E-state index in [-0.39, 0.29) is 18.9 Å². The maximum atomic E-state index is 12.3. The molecule has 0 bridgehead atoms. The molecule has 29 heavy (non-hydrogen) atoms. The van der Waals surface area contributed by atoms with Gasteiger partial charge in [-0.25, -0.2) is 9.97 Å². The van der Waals surface area contributed by atoms with Crippen LogP contribution >= 0.6 is 0 Å². The number of fused-ring (bicyclic) bond motifs is 3. The lowest BCUT2D eigenvalue weighted by Crippen LogP contribution is -2.13. The third-order valence-electron chi connectivity index (χ3n) is 4.86. The minimum absolute atomic E-state index is 0.104. The summed E-state index contributed by atoms with van der Waals surface area (Å²) in [5.41, 5.74) is 12.6. The molecule has 144 valence electrons. The van der Waals surface area contributed by atoms with Crippen LogP contribution < -0.4 is 16.4 Å². The second-order valence-corrected chi connectivity index (χ2v) is 6.98. The highest BCUT2D eigenvalue weighted by Gasteiger charge is 2.21. The molecule has 0 unspecified atom stereocenters. The number of nitrogens with one attached hydrogen (secondary N) is 2. The van der Waals surface area contributed by atoms with Gasteiger partial charge in [-0.05, 0) is 55.3 Å². The molecule has 6 nitrogen and oxygen atoms in total. The normalized spacial score (nSPS) is 12.0. The molecule has 0 spiro atoms. The average Bonchev–Trinajstić information content (AvgIpc) is 2.84. The van der Waals surface area contributed by atoms with Gasteiger partial charge in [0.05, 0.1) is 24.3 Å². The predicted molar refractivity (Wildman–Crippen MR) is 115 cm³/mol. The van der Waals surface area contributed by atoms with Gasteiger partial charge in [-0.15, -0.1) is 0 Å². The van der Waals surface area contributed by atoms with E-state index in [2.05, 4.69) is 53.4 Å². The van der Waals surface area contributed by atoms with Crippen molar-refractivity contribution < 1.29 is 4.79 Å². The Morgan fingerprint density at radius 3 is 2.83 bits per heavy atom. The third-order valence-corrected chi connectivity index (χ3v) is 4.86. The average molecular weight is 383 g/mol. The van der Waals surface area contributed by atoms with E-state index in [4.69, 9.17) is 10.7 Å². The highest BCUT2D eigenvalue weighted by atomic mass is 16.1. The summed E-state index contributed by atoms with van der Waals surface area (Å²) in [5, 5.41) is 6.20. The van der Waals surface area contributed by atoms with E-state index in [1.165, 1.54) is 11.1 Å². The smallest absolute Gasteiger partial charge is 0.228 e. The fourth-order valence-corrected chi connectivity index (χ4v) is 3.23. The summed E-state index contributed by atoms with van der Waals surface area (Å²) in [6.07, 6.45) is 1.93. The molecule has 4 rings (SSSR count). The fourth-order valence-electron chi connectivity index (χ4n) is 3.23. The van der Waals surface area contributed by atoms with Gasteiger partial charge in [-0.2, -0.15) is 0 Å². The van der Waals surface area contributed by atoms with Crippen molar-refractivity contribution in [2.24, 2.45) is 5.73 Å². The van der Waals surface area contributed by atoms with Crippen LogP contribution in [0.2, 0.25) is 0 Å². The van der Waals surface area contributed by atoms with Gasteiger partial charge >= 0.3 is 0 Å². The number of aromatic nitrogens is 2. The monoisotopic (exact) mass is 383 g/mol. The molecular weight excluding hydrogens is 362 g/mol. The lowest BCUT2D eigenvalue weighted by atomic mass is 10.0. The van der Waals surface area contributed by atoms with Gasteiger partial charge in [0.2, 0.25) is 11.9 Å². The van der Waals surface area contributed by atoms with Gasteiger partial charge in [0.25, 0.3) is 0 Å². The fraction of sp³-hybridized carbons (Fsp3) is 0.174. The molecule has 2 aromatic carbocycles. The second kappa shape index (κ2) is 7.74. The molecule has 4 N–H and O–H groups in total. The lowest BCUT2D eigenvalue weighted by Gasteiger charge is -2.11. The predicted octanol–water partition coefficient (Wildman–Crippen LogP) is 3.31. The molecule has 0 saturated heterocycles. The van der Waals surface area contributed by atoms with Crippen LogP contribution in [-0.2, 0) is 11.2 Å². The van der Waals surface area contributed by atoms with Gasteiger partial charge in [-0.3, -0.25) is 4.79 Å². The number of benzene rings is 2. The van der Waals surface area contributed by atoms with Crippen LogP contribution in [0.3, 0.4) is 0 Å². The van der Waals surface area contributed by atoms with Crippen molar-refractivity contribution in [1.29, 1.82) is 0 Å². The molecule has 0 aliphatic carbocycles. The molecule has 1 amide bonds. The minimum Gasteiger partial charge on any atom is -0.325 e. The van der Waals surface area contributed by atoms with Crippen LogP contribution in [0.15, 0.2) is 42.6 Å². The molecular formula is C23H21N5O. The van der Waals surface area contributed by atoms with Crippen LogP contribution in [0, 0.1) is 25.7 Å². The summed E-state index contributed by atoms with van der Waals surface area (Å²) >= 11 is 0. The Bertz CT molecular complexity index is 1170. The first-order valence-electron chi connectivity index (χ1n) is 9.37. The van der Waals surface area contributed by atoms with Crippen LogP contribution in [0.5, 0.6) is 0 Å². The zero-order valence-electron chi connectivity index (χ0n) is 16.3. The molecule has 1 aliphatic heterocycles. The van der Waals surface area contributed by atoms with Gasteiger partial charge < -0.3 is 16.4 Å². The van der Waals surface area contributed by atoms with E-state index in [1.54, 1.807) is 6.20 Å². The van der Waals surface area contributed by atoms with Crippen molar-refractivity contribution in [3.63, 3.8) is 0 Å². The number of carbonyl (C=O) groups is 1. The van der Waals surface area contributed by atoms with Crippen molar-refractivity contribution >= 4 is 23.2 Å². The van der Waals surface area contributed by atoms with Crippen LogP contribution in [-0.4, -0.2) is 22.4 Å². The number of hydrogen-bond acceptors (Lipinski definition) is 5.